The van der Waals surface area contributed by atoms with Crippen LogP contribution in [0.4, 0.5) is 0 Å². The Morgan fingerprint density at radius 2 is 1.94 bits per heavy atom. The molecule has 1 rings (SSSR count). The van der Waals surface area contributed by atoms with Crippen LogP contribution in [0, 0.1) is 12.3 Å². The third-order valence-electron chi connectivity index (χ3n) is 2.91. The monoisotopic (exact) mass is 239 g/mol. The maximum Gasteiger partial charge on any atom is 0.0438 e. The molecule has 0 aliphatic rings. The van der Waals surface area contributed by atoms with Gasteiger partial charge in [-0.3, -0.25) is 0 Å². The summed E-state index contributed by atoms with van der Waals surface area (Å²) in [5.41, 5.74) is 8.84. The van der Waals surface area contributed by atoms with Gasteiger partial charge in [0, 0.05) is 11.1 Å². The highest BCUT2D eigenvalue weighted by Gasteiger charge is 2.15. The molecule has 1 atom stereocenters. The van der Waals surface area contributed by atoms with Gasteiger partial charge in [-0.05, 0) is 42.4 Å². The molecule has 0 saturated carbocycles. The van der Waals surface area contributed by atoms with E-state index in [1.165, 1.54) is 5.56 Å². The van der Waals surface area contributed by atoms with Crippen LogP contribution in [-0.2, 0) is 0 Å². The van der Waals surface area contributed by atoms with E-state index in [1.807, 2.05) is 19.1 Å². The lowest BCUT2D eigenvalue weighted by atomic mass is 9.86. The molecular formula is C14H22ClN. The Morgan fingerprint density at radius 3 is 2.50 bits per heavy atom. The molecule has 1 unspecified atom stereocenters. The van der Waals surface area contributed by atoms with Crippen molar-refractivity contribution < 1.29 is 0 Å². The van der Waals surface area contributed by atoms with Gasteiger partial charge >= 0.3 is 0 Å². The van der Waals surface area contributed by atoms with Gasteiger partial charge < -0.3 is 5.73 Å². The van der Waals surface area contributed by atoms with Crippen molar-refractivity contribution in [3.05, 3.63) is 34.3 Å². The highest BCUT2D eigenvalue weighted by Crippen LogP contribution is 2.29. The first-order valence-electron chi connectivity index (χ1n) is 5.82. The summed E-state index contributed by atoms with van der Waals surface area (Å²) in [6.45, 7) is 8.76. The number of hydrogen-bond donors (Lipinski definition) is 1. The molecule has 0 aliphatic carbocycles. The van der Waals surface area contributed by atoms with Crippen LogP contribution >= 0.6 is 11.6 Å². The first-order valence-corrected chi connectivity index (χ1v) is 6.19. The molecule has 0 saturated heterocycles. The van der Waals surface area contributed by atoms with Gasteiger partial charge in [0.1, 0.15) is 0 Å². The highest BCUT2D eigenvalue weighted by atomic mass is 35.5. The molecule has 90 valence electrons. The van der Waals surface area contributed by atoms with E-state index >= 15 is 0 Å². The largest absolute Gasteiger partial charge is 0.324 e. The van der Waals surface area contributed by atoms with Crippen LogP contribution in [0.1, 0.15) is 50.8 Å². The molecule has 0 radical (unpaired) electrons. The van der Waals surface area contributed by atoms with Gasteiger partial charge in [0.2, 0.25) is 0 Å². The molecule has 0 aromatic heterocycles. The van der Waals surface area contributed by atoms with Gasteiger partial charge in [-0.1, -0.05) is 44.5 Å². The second-order valence-corrected chi connectivity index (χ2v) is 6.07. The van der Waals surface area contributed by atoms with Crippen molar-refractivity contribution in [1.29, 1.82) is 0 Å². The number of halogens is 1. The first-order chi connectivity index (χ1) is 7.31. The van der Waals surface area contributed by atoms with Gasteiger partial charge in [0.25, 0.3) is 0 Å². The Balaban J connectivity index is 2.73. The minimum atomic E-state index is 0.0953. The maximum atomic E-state index is 6.21. The second-order valence-electron chi connectivity index (χ2n) is 5.66. The topological polar surface area (TPSA) is 26.0 Å². The summed E-state index contributed by atoms with van der Waals surface area (Å²) < 4.78 is 0. The van der Waals surface area contributed by atoms with E-state index in [0.29, 0.717) is 5.41 Å². The minimum Gasteiger partial charge on any atom is -0.324 e. The summed E-state index contributed by atoms with van der Waals surface area (Å²) in [7, 11) is 0. The summed E-state index contributed by atoms with van der Waals surface area (Å²) >= 11 is 6.09. The molecule has 2 N–H and O–H groups in total. The van der Waals surface area contributed by atoms with Crippen LogP contribution in [0.2, 0.25) is 5.02 Å². The molecule has 1 aromatic carbocycles. The van der Waals surface area contributed by atoms with Gasteiger partial charge in [-0.2, -0.15) is 0 Å². The van der Waals surface area contributed by atoms with Gasteiger partial charge in [0.15, 0.2) is 0 Å². The van der Waals surface area contributed by atoms with E-state index in [2.05, 4.69) is 26.8 Å². The smallest absolute Gasteiger partial charge is 0.0438 e. The quantitative estimate of drug-likeness (QED) is 0.827. The maximum absolute atomic E-state index is 6.21. The molecule has 1 aromatic rings. The summed E-state index contributed by atoms with van der Waals surface area (Å²) in [4.78, 5) is 0. The van der Waals surface area contributed by atoms with Crippen molar-refractivity contribution in [2.45, 2.75) is 46.6 Å². The molecule has 0 spiro atoms. The van der Waals surface area contributed by atoms with E-state index < -0.39 is 0 Å². The van der Waals surface area contributed by atoms with E-state index in [9.17, 15) is 0 Å². The molecule has 0 bridgehead atoms. The predicted octanol–water partition coefficient (Wildman–Crippen LogP) is 4.47. The molecule has 0 amide bonds. The van der Waals surface area contributed by atoms with Crippen molar-refractivity contribution in [1.82, 2.24) is 0 Å². The Morgan fingerprint density at radius 1 is 1.31 bits per heavy atom. The van der Waals surface area contributed by atoms with E-state index in [4.69, 9.17) is 17.3 Å². The van der Waals surface area contributed by atoms with E-state index in [-0.39, 0.29) is 6.04 Å². The summed E-state index contributed by atoms with van der Waals surface area (Å²) in [5.74, 6) is 0. The van der Waals surface area contributed by atoms with Gasteiger partial charge in [-0.25, -0.2) is 0 Å². The number of benzene rings is 1. The number of hydrogen-bond acceptors (Lipinski definition) is 1. The lowest BCUT2D eigenvalue weighted by Gasteiger charge is -2.22. The molecule has 1 nitrogen and oxygen atoms in total. The standard InChI is InChI=1S/C14H22ClN/c1-10-11(6-5-7-12(10)15)13(16)8-9-14(2,3)4/h5-7,13H,8-9,16H2,1-4H3. The first kappa shape index (κ1) is 13.5. The Hall–Kier alpha value is -0.530. The van der Waals surface area contributed by atoms with Crippen LogP contribution in [-0.4, -0.2) is 0 Å². The third kappa shape index (κ3) is 3.80. The van der Waals surface area contributed by atoms with Crippen molar-refractivity contribution in [3.8, 4) is 0 Å². The van der Waals surface area contributed by atoms with Crippen LogP contribution in [0.5, 0.6) is 0 Å². The normalized spacial score (nSPS) is 13.9. The molecule has 16 heavy (non-hydrogen) atoms. The lowest BCUT2D eigenvalue weighted by Crippen LogP contribution is -2.15. The average molecular weight is 240 g/mol. The van der Waals surface area contributed by atoms with Crippen LogP contribution < -0.4 is 5.73 Å². The minimum absolute atomic E-state index is 0.0953. The fourth-order valence-electron chi connectivity index (χ4n) is 1.77. The zero-order valence-corrected chi connectivity index (χ0v) is 11.4. The average Bonchev–Trinajstić information content (AvgIpc) is 2.17. The van der Waals surface area contributed by atoms with Crippen LogP contribution in [0.15, 0.2) is 18.2 Å². The van der Waals surface area contributed by atoms with Gasteiger partial charge in [-0.15, -0.1) is 0 Å². The number of nitrogens with two attached hydrogens (primary N) is 1. The third-order valence-corrected chi connectivity index (χ3v) is 3.32. The molecular weight excluding hydrogens is 218 g/mol. The van der Waals surface area contributed by atoms with Crippen LogP contribution in [0.25, 0.3) is 0 Å². The van der Waals surface area contributed by atoms with Crippen molar-refractivity contribution in [2.24, 2.45) is 11.1 Å². The predicted molar refractivity (Wildman–Crippen MR) is 71.8 cm³/mol. The lowest BCUT2D eigenvalue weighted by molar-refractivity contribution is 0.349. The summed E-state index contributed by atoms with van der Waals surface area (Å²) in [6, 6.07) is 6.06. The molecule has 0 heterocycles. The van der Waals surface area contributed by atoms with Crippen LogP contribution in [0.3, 0.4) is 0 Å². The van der Waals surface area contributed by atoms with Crippen molar-refractivity contribution >= 4 is 11.6 Å². The zero-order chi connectivity index (χ0) is 12.3. The van der Waals surface area contributed by atoms with E-state index in [1.54, 1.807) is 0 Å². The summed E-state index contributed by atoms with van der Waals surface area (Å²) in [5, 5.41) is 0.809. The Labute approximate surface area is 104 Å². The SMILES string of the molecule is Cc1c(Cl)cccc1C(N)CCC(C)(C)C. The highest BCUT2D eigenvalue weighted by molar-refractivity contribution is 6.31. The fourth-order valence-corrected chi connectivity index (χ4v) is 1.95. The van der Waals surface area contributed by atoms with Gasteiger partial charge in [0.05, 0.1) is 0 Å². The Bertz CT molecular complexity index is 352. The second kappa shape index (κ2) is 5.20. The molecule has 2 heteroatoms. The van der Waals surface area contributed by atoms with Crippen molar-refractivity contribution in [2.75, 3.05) is 0 Å². The van der Waals surface area contributed by atoms with E-state index in [0.717, 1.165) is 23.4 Å². The summed E-state index contributed by atoms with van der Waals surface area (Å²) in [6.07, 6.45) is 2.13. The van der Waals surface area contributed by atoms with Crippen molar-refractivity contribution in [3.63, 3.8) is 0 Å². The zero-order valence-electron chi connectivity index (χ0n) is 10.7. The Kier molecular flexibility index (Phi) is 4.40. The number of rotatable bonds is 3. The molecule has 0 fully saturated rings. The molecule has 0 aliphatic heterocycles. The fraction of sp³-hybridized carbons (Fsp3) is 0.571.